The Morgan fingerprint density at radius 1 is 1.19 bits per heavy atom. The molecule has 21 heavy (non-hydrogen) atoms. The van der Waals surface area contributed by atoms with Gasteiger partial charge in [0.15, 0.2) is 0 Å². The Balaban J connectivity index is 2.41. The molecule has 0 amide bonds. The fraction of sp³-hybridized carbons (Fsp3) is 0.0667. The van der Waals surface area contributed by atoms with Crippen LogP contribution in [0.5, 0.6) is 0 Å². The molecule has 3 nitrogen and oxygen atoms in total. The molecule has 1 heterocycles. The molecule has 0 radical (unpaired) electrons. The van der Waals surface area contributed by atoms with E-state index in [9.17, 15) is 9.18 Å². The minimum Gasteiger partial charge on any atom is -0.268 e. The minimum atomic E-state index is -0.474. The van der Waals surface area contributed by atoms with Crippen molar-refractivity contribution < 1.29 is 4.39 Å². The lowest BCUT2D eigenvalue weighted by atomic mass is 10.2. The van der Waals surface area contributed by atoms with E-state index in [1.807, 2.05) is 0 Å². The van der Waals surface area contributed by atoms with Gasteiger partial charge in [0.1, 0.15) is 11.6 Å². The lowest BCUT2D eigenvalue weighted by molar-refractivity contribution is 0.627. The molecule has 1 aromatic heterocycles. The highest BCUT2D eigenvalue weighted by molar-refractivity contribution is 6.32. The summed E-state index contributed by atoms with van der Waals surface area (Å²) in [6, 6.07) is 10.8. The highest BCUT2D eigenvalue weighted by Crippen LogP contribution is 2.22. The zero-order valence-electron chi connectivity index (χ0n) is 10.7. The molecule has 0 spiro atoms. The van der Waals surface area contributed by atoms with Gasteiger partial charge in [-0.05, 0) is 30.3 Å². The van der Waals surface area contributed by atoms with Gasteiger partial charge >= 0.3 is 0 Å². The van der Waals surface area contributed by atoms with Crippen molar-refractivity contribution in [3.8, 4) is 5.69 Å². The van der Waals surface area contributed by atoms with Crippen molar-refractivity contribution in [1.82, 2.24) is 9.55 Å². The van der Waals surface area contributed by atoms with Crippen molar-refractivity contribution in [1.29, 1.82) is 0 Å². The first-order valence-corrected chi connectivity index (χ1v) is 7.05. The SMILES string of the molecule is O=c1c2ccccc2nc(CCl)n1-c1ccc(F)cc1Cl. The van der Waals surface area contributed by atoms with Crippen LogP contribution in [-0.2, 0) is 5.88 Å². The van der Waals surface area contributed by atoms with E-state index in [2.05, 4.69) is 4.98 Å². The number of rotatable bonds is 2. The van der Waals surface area contributed by atoms with Gasteiger partial charge in [-0.25, -0.2) is 9.37 Å². The summed E-state index contributed by atoms with van der Waals surface area (Å²) in [6.45, 7) is 0. The molecular formula is C15H9Cl2FN2O. The highest BCUT2D eigenvalue weighted by Gasteiger charge is 2.14. The van der Waals surface area contributed by atoms with Gasteiger partial charge < -0.3 is 0 Å². The molecule has 3 aromatic rings. The topological polar surface area (TPSA) is 34.9 Å². The summed E-state index contributed by atoms with van der Waals surface area (Å²) in [5.74, 6) is -0.0832. The van der Waals surface area contributed by atoms with Gasteiger partial charge in [-0.1, -0.05) is 23.7 Å². The van der Waals surface area contributed by atoms with Gasteiger partial charge in [0.05, 0.1) is 27.5 Å². The van der Waals surface area contributed by atoms with E-state index >= 15 is 0 Å². The molecule has 3 rings (SSSR count). The fourth-order valence-corrected chi connectivity index (χ4v) is 2.61. The first-order chi connectivity index (χ1) is 10.1. The second-order valence-electron chi connectivity index (χ2n) is 4.42. The van der Waals surface area contributed by atoms with Gasteiger partial charge in [-0.3, -0.25) is 9.36 Å². The van der Waals surface area contributed by atoms with Gasteiger partial charge in [0, 0.05) is 0 Å². The Labute approximate surface area is 129 Å². The van der Waals surface area contributed by atoms with Crippen LogP contribution in [0.15, 0.2) is 47.3 Å². The van der Waals surface area contributed by atoms with Crippen LogP contribution in [0.25, 0.3) is 16.6 Å². The van der Waals surface area contributed by atoms with Crippen molar-refractivity contribution in [2.45, 2.75) is 5.88 Å². The van der Waals surface area contributed by atoms with E-state index in [0.717, 1.165) is 6.07 Å². The molecule has 6 heteroatoms. The maximum atomic E-state index is 13.2. The van der Waals surface area contributed by atoms with Crippen LogP contribution < -0.4 is 5.56 Å². The maximum Gasteiger partial charge on any atom is 0.266 e. The monoisotopic (exact) mass is 322 g/mol. The Bertz CT molecular complexity index is 892. The molecular weight excluding hydrogens is 314 g/mol. The number of benzene rings is 2. The molecule has 0 bridgehead atoms. The van der Waals surface area contributed by atoms with Crippen LogP contribution in [0, 0.1) is 5.82 Å². The van der Waals surface area contributed by atoms with E-state index in [-0.39, 0.29) is 16.5 Å². The summed E-state index contributed by atoms with van der Waals surface area (Å²) >= 11 is 11.9. The van der Waals surface area contributed by atoms with Crippen LogP contribution in [-0.4, -0.2) is 9.55 Å². The third-order valence-electron chi connectivity index (χ3n) is 3.12. The highest BCUT2D eigenvalue weighted by atomic mass is 35.5. The number of halogens is 3. The predicted octanol–water partition coefficient (Wildman–Crippen LogP) is 3.92. The average molecular weight is 323 g/mol. The molecule has 0 saturated heterocycles. The Morgan fingerprint density at radius 3 is 2.67 bits per heavy atom. The summed E-state index contributed by atoms with van der Waals surface area (Å²) in [6.07, 6.45) is 0. The van der Waals surface area contributed by atoms with Gasteiger partial charge in [0.2, 0.25) is 0 Å². The molecule has 0 N–H and O–H groups in total. The zero-order valence-corrected chi connectivity index (χ0v) is 12.2. The van der Waals surface area contributed by atoms with E-state index in [4.69, 9.17) is 23.2 Å². The summed E-state index contributed by atoms with van der Waals surface area (Å²) in [5.41, 5.74) is 0.634. The van der Waals surface area contributed by atoms with Gasteiger partial charge in [-0.2, -0.15) is 0 Å². The van der Waals surface area contributed by atoms with Crippen molar-refractivity contribution in [3.63, 3.8) is 0 Å². The van der Waals surface area contributed by atoms with Crippen molar-refractivity contribution >= 4 is 34.1 Å². The summed E-state index contributed by atoms with van der Waals surface area (Å²) in [4.78, 5) is 17.0. The molecule has 0 aliphatic rings. The molecule has 0 fully saturated rings. The Hall–Kier alpha value is -1.91. The third kappa shape index (κ3) is 2.41. The molecule has 0 aliphatic heterocycles. The molecule has 2 aromatic carbocycles. The van der Waals surface area contributed by atoms with E-state index in [1.54, 1.807) is 24.3 Å². The number of para-hydroxylation sites is 1. The zero-order chi connectivity index (χ0) is 15.0. The van der Waals surface area contributed by atoms with Crippen molar-refractivity contribution in [3.05, 3.63) is 69.5 Å². The van der Waals surface area contributed by atoms with Crippen LogP contribution in [0.3, 0.4) is 0 Å². The maximum absolute atomic E-state index is 13.2. The van der Waals surface area contributed by atoms with Crippen molar-refractivity contribution in [2.24, 2.45) is 0 Å². The summed E-state index contributed by atoms with van der Waals surface area (Å²) in [5, 5.41) is 0.576. The molecule has 0 unspecified atom stereocenters. The van der Waals surface area contributed by atoms with Crippen LogP contribution in [0.2, 0.25) is 5.02 Å². The average Bonchev–Trinajstić information content (AvgIpc) is 2.48. The number of hydrogen-bond donors (Lipinski definition) is 0. The lowest BCUT2D eigenvalue weighted by Crippen LogP contribution is -2.23. The summed E-state index contributed by atoms with van der Waals surface area (Å²) in [7, 11) is 0. The smallest absolute Gasteiger partial charge is 0.266 e. The molecule has 0 aliphatic carbocycles. The fourth-order valence-electron chi connectivity index (χ4n) is 2.18. The first kappa shape index (κ1) is 14.0. The predicted molar refractivity (Wildman–Crippen MR) is 81.9 cm³/mol. The molecule has 106 valence electrons. The normalized spacial score (nSPS) is 11.0. The number of fused-ring (bicyclic) bond motifs is 1. The van der Waals surface area contributed by atoms with Crippen LogP contribution in [0.1, 0.15) is 5.82 Å². The van der Waals surface area contributed by atoms with Crippen LogP contribution in [0.4, 0.5) is 4.39 Å². The standard InChI is InChI=1S/C15H9Cl2FN2O/c16-8-14-19-12-4-2-1-3-10(12)15(21)20(14)13-6-5-9(18)7-11(13)17/h1-7H,8H2. The Morgan fingerprint density at radius 2 is 1.95 bits per heavy atom. The van der Waals surface area contributed by atoms with Gasteiger partial charge in [0.25, 0.3) is 5.56 Å². The van der Waals surface area contributed by atoms with Crippen LogP contribution >= 0.6 is 23.2 Å². The van der Waals surface area contributed by atoms with E-state index in [0.29, 0.717) is 22.4 Å². The Kier molecular flexibility index (Phi) is 3.66. The second kappa shape index (κ2) is 5.47. The van der Waals surface area contributed by atoms with Crippen molar-refractivity contribution in [2.75, 3.05) is 0 Å². The van der Waals surface area contributed by atoms with E-state index < -0.39 is 5.82 Å². The largest absolute Gasteiger partial charge is 0.268 e. The molecule has 0 saturated carbocycles. The second-order valence-corrected chi connectivity index (χ2v) is 5.09. The number of alkyl halides is 1. The first-order valence-electron chi connectivity index (χ1n) is 6.14. The summed E-state index contributed by atoms with van der Waals surface area (Å²) < 4.78 is 14.5. The third-order valence-corrected chi connectivity index (χ3v) is 3.66. The minimum absolute atomic E-state index is 0.0355. The quantitative estimate of drug-likeness (QED) is 0.670. The number of nitrogens with zero attached hydrogens (tertiary/aromatic N) is 2. The van der Waals surface area contributed by atoms with Gasteiger partial charge in [-0.15, -0.1) is 11.6 Å². The number of hydrogen-bond acceptors (Lipinski definition) is 2. The van der Waals surface area contributed by atoms with E-state index in [1.165, 1.54) is 16.7 Å². The lowest BCUT2D eigenvalue weighted by Gasteiger charge is -2.13. The number of aromatic nitrogens is 2. The molecule has 0 atom stereocenters.